The number of carbonyl (C=O) groups excluding carboxylic acids is 1. The number of aliphatic hydroxyl groups is 1. The Morgan fingerprint density at radius 1 is 1.13 bits per heavy atom. The van der Waals surface area contributed by atoms with Crippen LogP contribution in [0, 0.1) is 23.2 Å². The van der Waals surface area contributed by atoms with Crippen LogP contribution in [-0.4, -0.2) is 65.8 Å². The van der Waals surface area contributed by atoms with E-state index in [2.05, 4.69) is 60.1 Å². The minimum absolute atomic E-state index is 0.0856. The summed E-state index contributed by atoms with van der Waals surface area (Å²) in [4.78, 5) is 17.8. The fraction of sp³-hybridized carbons (Fsp3) is 0.654. The molecule has 1 N–H and O–H groups in total. The third-order valence-corrected chi connectivity index (χ3v) is 8.74. The number of nitrogens with zero attached hydrogens (tertiary/aromatic N) is 2. The van der Waals surface area contributed by atoms with Crippen molar-refractivity contribution in [2.45, 2.75) is 51.9 Å². The number of hydrogen-bond acceptors (Lipinski definition) is 5. The van der Waals surface area contributed by atoms with Crippen molar-refractivity contribution in [2.75, 3.05) is 32.7 Å². The Morgan fingerprint density at radius 2 is 1.84 bits per heavy atom. The molecule has 5 rings (SSSR count). The second-order valence-electron chi connectivity index (χ2n) is 10.4. The molecule has 3 fully saturated rings. The predicted molar refractivity (Wildman–Crippen MR) is 120 cm³/mol. The Kier molecular flexibility index (Phi) is 5.70. The van der Waals surface area contributed by atoms with Crippen LogP contribution < -0.4 is 0 Å². The van der Waals surface area contributed by atoms with Gasteiger partial charge in [-0.1, -0.05) is 55.8 Å². The zero-order valence-electron chi connectivity index (χ0n) is 18.9. The molecule has 1 saturated carbocycles. The summed E-state index contributed by atoms with van der Waals surface area (Å²) in [6, 6.07) is 10.6. The molecule has 2 aliphatic carbocycles. The minimum Gasteiger partial charge on any atom is -0.461 e. The van der Waals surface area contributed by atoms with Crippen molar-refractivity contribution in [3.63, 3.8) is 0 Å². The number of ether oxygens (including phenoxy) is 1. The van der Waals surface area contributed by atoms with E-state index >= 15 is 0 Å². The molecule has 1 aromatic rings. The minimum atomic E-state index is -0.511. The topological polar surface area (TPSA) is 53.0 Å². The highest BCUT2D eigenvalue weighted by molar-refractivity contribution is 5.76. The first-order valence-corrected chi connectivity index (χ1v) is 12.0. The van der Waals surface area contributed by atoms with Gasteiger partial charge in [-0.2, -0.15) is 0 Å². The SMILES string of the molecule is C[C@@H]1CCC=C2C[C@H]3OC(=O)C(CN4CCN(Cc5ccccc5)CC4)[C@H]3[C@H](O)[C@@]21C. The van der Waals surface area contributed by atoms with Gasteiger partial charge in [0.25, 0.3) is 0 Å². The number of fused-ring (bicyclic) bond motifs is 2. The van der Waals surface area contributed by atoms with Crippen molar-refractivity contribution in [3.8, 4) is 0 Å². The largest absolute Gasteiger partial charge is 0.461 e. The van der Waals surface area contributed by atoms with Crippen LogP contribution in [-0.2, 0) is 16.1 Å². The van der Waals surface area contributed by atoms with Crippen molar-refractivity contribution in [1.82, 2.24) is 9.80 Å². The summed E-state index contributed by atoms with van der Waals surface area (Å²) in [5.74, 6) is 0.0309. The molecule has 6 atom stereocenters. The van der Waals surface area contributed by atoms with Gasteiger partial charge in [-0.05, 0) is 24.3 Å². The summed E-state index contributed by atoms with van der Waals surface area (Å²) in [6.07, 6.45) is 4.61. The van der Waals surface area contributed by atoms with Gasteiger partial charge < -0.3 is 9.84 Å². The molecule has 0 spiro atoms. The van der Waals surface area contributed by atoms with E-state index in [1.165, 1.54) is 11.1 Å². The van der Waals surface area contributed by atoms with E-state index < -0.39 is 6.10 Å². The molecule has 0 aromatic heterocycles. The highest BCUT2D eigenvalue weighted by Crippen LogP contribution is 2.56. The van der Waals surface area contributed by atoms with Crippen LogP contribution in [0.15, 0.2) is 42.0 Å². The highest BCUT2D eigenvalue weighted by atomic mass is 16.6. The van der Waals surface area contributed by atoms with Gasteiger partial charge in [-0.15, -0.1) is 0 Å². The molecule has 2 heterocycles. The monoisotopic (exact) mass is 424 g/mol. The molecular formula is C26H36N2O3. The van der Waals surface area contributed by atoms with E-state index in [9.17, 15) is 9.90 Å². The molecule has 168 valence electrons. The summed E-state index contributed by atoms with van der Waals surface area (Å²) < 4.78 is 5.84. The lowest BCUT2D eigenvalue weighted by Crippen LogP contribution is -2.55. The third-order valence-electron chi connectivity index (χ3n) is 8.74. The van der Waals surface area contributed by atoms with Crippen molar-refractivity contribution in [2.24, 2.45) is 23.2 Å². The van der Waals surface area contributed by atoms with Crippen LogP contribution in [0.1, 0.15) is 38.7 Å². The first kappa shape index (κ1) is 21.2. The van der Waals surface area contributed by atoms with E-state index in [4.69, 9.17) is 4.74 Å². The van der Waals surface area contributed by atoms with Gasteiger partial charge in [0.05, 0.1) is 12.0 Å². The smallest absolute Gasteiger partial charge is 0.311 e. The van der Waals surface area contributed by atoms with Gasteiger partial charge in [0.2, 0.25) is 0 Å². The van der Waals surface area contributed by atoms with E-state index in [1.54, 1.807) is 0 Å². The van der Waals surface area contributed by atoms with E-state index in [0.717, 1.165) is 52.0 Å². The summed E-state index contributed by atoms with van der Waals surface area (Å²) in [7, 11) is 0. The van der Waals surface area contributed by atoms with Gasteiger partial charge in [-0.25, -0.2) is 0 Å². The Morgan fingerprint density at radius 3 is 2.58 bits per heavy atom. The normalized spacial score (nSPS) is 38.9. The second-order valence-corrected chi connectivity index (χ2v) is 10.4. The number of carbonyl (C=O) groups is 1. The molecule has 5 heteroatoms. The maximum atomic E-state index is 12.9. The molecular weight excluding hydrogens is 388 g/mol. The maximum absolute atomic E-state index is 12.9. The average molecular weight is 425 g/mol. The lowest BCUT2D eigenvalue weighted by Gasteiger charge is -2.52. The molecule has 0 bridgehead atoms. The quantitative estimate of drug-likeness (QED) is 0.595. The van der Waals surface area contributed by atoms with Crippen LogP contribution in [0.5, 0.6) is 0 Å². The molecule has 4 aliphatic rings. The van der Waals surface area contributed by atoms with Gasteiger partial charge >= 0.3 is 5.97 Å². The molecule has 2 aliphatic heterocycles. The maximum Gasteiger partial charge on any atom is 0.311 e. The van der Waals surface area contributed by atoms with Crippen LogP contribution in [0.2, 0.25) is 0 Å². The molecule has 2 saturated heterocycles. The standard InChI is InChI=1S/C26H36N2O3/c1-18-7-6-10-20-15-22-23(24(29)26(18,20)2)21(25(30)31-22)17-28-13-11-27(12-14-28)16-19-8-4-3-5-9-19/h3-5,8-10,18,21-24,29H,6-7,11-17H2,1-2H3/t18-,21?,22-,23-,24+,26-/m1/s1. The Bertz CT molecular complexity index is 832. The van der Waals surface area contributed by atoms with E-state index in [1.807, 2.05) is 0 Å². The second kappa shape index (κ2) is 8.34. The van der Waals surface area contributed by atoms with Crippen LogP contribution in [0.25, 0.3) is 0 Å². The summed E-state index contributed by atoms with van der Waals surface area (Å²) in [5, 5.41) is 11.5. The number of hydrogen-bond donors (Lipinski definition) is 1. The first-order valence-electron chi connectivity index (χ1n) is 12.0. The summed E-state index contributed by atoms with van der Waals surface area (Å²) in [5.41, 5.74) is 2.44. The molecule has 31 heavy (non-hydrogen) atoms. The van der Waals surface area contributed by atoms with Gasteiger partial charge in [-0.3, -0.25) is 14.6 Å². The van der Waals surface area contributed by atoms with Gasteiger partial charge in [0, 0.05) is 57.0 Å². The third kappa shape index (κ3) is 3.75. The summed E-state index contributed by atoms with van der Waals surface area (Å²) >= 11 is 0. The van der Waals surface area contributed by atoms with Gasteiger partial charge in [0.1, 0.15) is 6.10 Å². The van der Waals surface area contributed by atoms with E-state index in [-0.39, 0.29) is 29.3 Å². The molecule has 0 radical (unpaired) electrons. The van der Waals surface area contributed by atoms with Crippen molar-refractivity contribution in [1.29, 1.82) is 0 Å². The lowest BCUT2D eigenvalue weighted by molar-refractivity contribution is -0.145. The summed E-state index contributed by atoms with van der Waals surface area (Å²) in [6.45, 7) is 10.1. The Balaban J connectivity index is 1.24. The average Bonchev–Trinajstić information content (AvgIpc) is 3.07. The van der Waals surface area contributed by atoms with Crippen LogP contribution in [0.4, 0.5) is 0 Å². The lowest BCUT2D eigenvalue weighted by atomic mass is 9.55. The predicted octanol–water partition coefficient (Wildman–Crippen LogP) is 3.09. The zero-order chi connectivity index (χ0) is 21.6. The number of rotatable bonds is 4. The van der Waals surface area contributed by atoms with Crippen LogP contribution in [0.3, 0.4) is 0 Å². The zero-order valence-corrected chi connectivity index (χ0v) is 18.9. The molecule has 1 unspecified atom stereocenters. The number of aliphatic hydroxyl groups excluding tert-OH is 1. The van der Waals surface area contributed by atoms with Crippen molar-refractivity contribution < 1.29 is 14.6 Å². The van der Waals surface area contributed by atoms with E-state index in [0.29, 0.717) is 12.5 Å². The van der Waals surface area contributed by atoms with Gasteiger partial charge in [0.15, 0.2) is 0 Å². The Hall–Kier alpha value is -1.69. The fourth-order valence-electron chi connectivity index (χ4n) is 6.52. The molecule has 0 amide bonds. The number of esters is 1. The highest BCUT2D eigenvalue weighted by Gasteiger charge is 2.59. The van der Waals surface area contributed by atoms with Crippen molar-refractivity contribution >= 4 is 5.97 Å². The van der Waals surface area contributed by atoms with Crippen molar-refractivity contribution in [3.05, 3.63) is 47.5 Å². The molecule has 1 aromatic carbocycles. The number of piperazine rings is 1. The van der Waals surface area contributed by atoms with Crippen LogP contribution >= 0.6 is 0 Å². The number of allylic oxidation sites excluding steroid dienone is 1. The first-order chi connectivity index (χ1) is 15.0. The molecule has 5 nitrogen and oxygen atoms in total. The number of benzene rings is 1. The fourth-order valence-corrected chi connectivity index (χ4v) is 6.52. The Labute approximate surface area is 186 Å².